The molecule has 5 N–H and O–H groups in total. The number of rotatable bonds is 3. The topological polar surface area (TPSA) is 90.1 Å². The molecule has 5 heteroatoms. The maximum Gasteiger partial charge on any atom is 0.134 e. The first-order valence-electron chi connectivity index (χ1n) is 6.35. The normalized spacial score (nSPS) is 12.7. The average molecular weight is 268 g/mol. The Labute approximate surface area is 116 Å². The monoisotopic (exact) mass is 268 g/mol. The highest BCUT2D eigenvalue weighted by molar-refractivity contribution is 5.82. The van der Waals surface area contributed by atoms with Crippen molar-refractivity contribution < 1.29 is 4.42 Å². The van der Waals surface area contributed by atoms with E-state index in [0.717, 1.165) is 27.7 Å². The SMILES string of the molecule is Cc1cnc(N)c(C(NN)c2coc3ccccc23)c1. The quantitative estimate of drug-likeness (QED) is 0.501. The van der Waals surface area contributed by atoms with E-state index in [-0.39, 0.29) is 6.04 Å². The molecule has 0 saturated heterocycles. The lowest BCUT2D eigenvalue weighted by Crippen LogP contribution is -2.29. The van der Waals surface area contributed by atoms with Crippen molar-refractivity contribution in [3.8, 4) is 0 Å². The molecule has 0 aliphatic heterocycles. The molecule has 1 unspecified atom stereocenters. The summed E-state index contributed by atoms with van der Waals surface area (Å²) >= 11 is 0. The Kier molecular flexibility index (Phi) is 3.14. The Morgan fingerprint density at radius 1 is 1.25 bits per heavy atom. The average Bonchev–Trinajstić information content (AvgIpc) is 2.88. The van der Waals surface area contributed by atoms with Crippen LogP contribution in [0, 0.1) is 6.92 Å². The van der Waals surface area contributed by atoms with Gasteiger partial charge in [0.15, 0.2) is 0 Å². The number of aromatic nitrogens is 1. The molecular weight excluding hydrogens is 252 g/mol. The van der Waals surface area contributed by atoms with E-state index in [9.17, 15) is 0 Å². The lowest BCUT2D eigenvalue weighted by molar-refractivity contribution is 0.586. The second kappa shape index (κ2) is 4.96. The van der Waals surface area contributed by atoms with Crippen LogP contribution in [0.1, 0.15) is 22.7 Å². The van der Waals surface area contributed by atoms with Gasteiger partial charge < -0.3 is 10.2 Å². The van der Waals surface area contributed by atoms with Crippen LogP contribution in [0.3, 0.4) is 0 Å². The fourth-order valence-corrected chi connectivity index (χ4v) is 2.40. The van der Waals surface area contributed by atoms with Crippen LogP contribution >= 0.6 is 0 Å². The molecule has 5 nitrogen and oxygen atoms in total. The molecule has 2 heterocycles. The Bertz CT molecular complexity index is 750. The highest BCUT2D eigenvalue weighted by atomic mass is 16.3. The Balaban J connectivity index is 2.16. The maximum atomic E-state index is 5.98. The zero-order valence-corrected chi connectivity index (χ0v) is 11.1. The lowest BCUT2D eigenvalue weighted by atomic mass is 9.98. The van der Waals surface area contributed by atoms with Gasteiger partial charge in [0.25, 0.3) is 0 Å². The van der Waals surface area contributed by atoms with Crippen LogP contribution < -0.4 is 17.0 Å². The second-order valence-corrected chi connectivity index (χ2v) is 4.77. The molecule has 102 valence electrons. The van der Waals surface area contributed by atoms with Crippen molar-refractivity contribution >= 4 is 16.8 Å². The number of hydrogen-bond donors (Lipinski definition) is 3. The molecule has 2 aromatic heterocycles. The van der Waals surface area contributed by atoms with Crippen LogP contribution in [0.15, 0.2) is 47.2 Å². The van der Waals surface area contributed by atoms with E-state index in [4.69, 9.17) is 16.0 Å². The van der Waals surface area contributed by atoms with Crippen molar-refractivity contribution in [3.63, 3.8) is 0 Å². The minimum absolute atomic E-state index is 0.258. The van der Waals surface area contributed by atoms with Crippen molar-refractivity contribution in [1.82, 2.24) is 10.4 Å². The maximum absolute atomic E-state index is 5.98. The third-order valence-electron chi connectivity index (χ3n) is 3.39. The van der Waals surface area contributed by atoms with Crippen LogP contribution in [0.4, 0.5) is 5.82 Å². The van der Waals surface area contributed by atoms with Crippen molar-refractivity contribution in [2.75, 3.05) is 5.73 Å². The van der Waals surface area contributed by atoms with Gasteiger partial charge in [-0.25, -0.2) is 10.4 Å². The van der Waals surface area contributed by atoms with Crippen LogP contribution in [0.2, 0.25) is 0 Å². The highest BCUT2D eigenvalue weighted by Gasteiger charge is 2.20. The number of para-hydroxylation sites is 1. The molecular formula is C15H16N4O. The third-order valence-corrected chi connectivity index (χ3v) is 3.39. The van der Waals surface area contributed by atoms with E-state index in [1.54, 1.807) is 12.5 Å². The Morgan fingerprint density at radius 2 is 2.05 bits per heavy atom. The van der Waals surface area contributed by atoms with Crippen LogP contribution in [-0.4, -0.2) is 4.98 Å². The number of hydrogen-bond acceptors (Lipinski definition) is 5. The number of nitrogens with zero attached hydrogens (tertiary/aromatic N) is 1. The number of nitrogens with one attached hydrogen (secondary N) is 1. The summed E-state index contributed by atoms with van der Waals surface area (Å²) in [5.74, 6) is 6.19. The van der Waals surface area contributed by atoms with Gasteiger partial charge in [-0.1, -0.05) is 18.2 Å². The summed E-state index contributed by atoms with van der Waals surface area (Å²) in [6.45, 7) is 1.97. The van der Waals surface area contributed by atoms with E-state index in [1.807, 2.05) is 37.3 Å². The number of nitrogens with two attached hydrogens (primary N) is 2. The fourth-order valence-electron chi connectivity index (χ4n) is 2.40. The van der Waals surface area contributed by atoms with Gasteiger partial charge in [0.05, 0.1) is 12.3 Å². The summed E-state index contributed by atoms with van der Waals surface area (Å²) in [6.07, 6.45) is 3.44. The minimum atomic E-state index is -0.258. The zero-order chi connectivity index (χ0) is 14.1. The number of hydrazine groups is 1. The smallest absolute Gasteiger partial charge is 0.134 e. The summed E-state index contributed by atoms with van der Waals surface area (Å²) in [6, 6.07) is 9.54. The van der Waals surface area contributed by atoms with Gasteiger partial charge in [-0.2, -0.15) is 0 Å². The van der Waals surface area contributed by atoms with Gasteiger partial charge >= 0.3 is 0 Å². The van der Waals surface area contributed by atoms with Crippen molar-refractivity contribution in [3.05, 3.63) is 59.5 Å². The number of benzene rings is 1. The molecule has 0 spiro atoms. The van der Waals surface area contributed by atoms with E-state index >= 15 is 0 Å². The highest BCUT2D eigenvalue weighted by Crippen LogP contribution is 2.32. The van der Waals surface area contributed by atoms with Crippen molar-refractivity contribution in [1.29, 1.82) is 0 Å². The van der Waals surface area contributed by atoms with Crippen LogP contribution in [0.5, 0.6) is 0 Å². The predicted octanol–water partition coefficient (Wildman–Crippen LogP) is 2.27. The molecule has 0 aliphatic carbocycles. The van der Waals surface area contributed by atoms with E-state index < -0.39 is 0 Å². The lowest BCUT2D eigenvalue weighted by Gasteiger charge is -2.17. The standard InChI is InChI=1S/C15H16N4O/c1-9-6-11(15(16)18-7-9)14(19-17)12-8-20-13-5-3-2-4-10(12)13/h2-8,14,19H,17H2,1H3,(H2,16,18). The van der Waals surface area contributed by atoms with Gasteiger partial charge in [0.2, 0.25) is 0 Å². The summed E-state index contributed by atoms with van der Waals surface area (Å²) in [7, 11) is 0. The summed E-state index contributed by atoms with van der Waals surface area (Å²) < 4.78 is 5.57. The number of nitrogen functional groups attached to an aromatic ring is 1. The second-order valence-electron chi connectivity index (χ2n) is 4.77. The molecule has 0 fully saturated rings. The first-order chi connectivity index (χ1) is 9.70. The first kappa shape index (κ1) is 12.7. The number of pyridine rings is 1. The van der Waals surface area contributed by atoms with Gasteiger partial charge in [-0.15, -0.1) is 0 Å². The molecule has 1 atom stereocenters. The Morgan fingerprint density at radius 3 is 2.85 bits per heavy atom. The van der Waals surface area contributed by atoms with Crippen LogP contribution in [0.25, 0.3) is 11.0 Å². The number of furan rings is 1. The molecule has 20 heavy (non-hydrogen) atoms. The zero-order valence-electron chi connectivity index (χ0n) is 11.1. The third kappa shape index (κ3) is 2.03. The van der Waals surface area contributed by atoms with Gasteiger partial charge in [0, 0.05) is 22.7 Å². The van der Waals surface area contributed by atoms with Gasteiger partial charge in [-0.3, -0.25) is 5.84 Å². The summed E-state index contributed by atoms with van der Waals surface area (Å²) in [5.41, 5.74) is 12.4. The molecule has 0 amide bonds. The number of anilines is 1. The predicted molar refractivity (Wildman–Crippen MR) is 78.8 cm³/mol. The molecule has 0 bridgehead atoms. The first-order valence-corrected chi connectivity index (χ1v) is 6.35. The molecule has 0 saturated carbocycles. The minimum Gasteiger partial charge on any atom is -0.464 e. The summed E-state index contributed by atoms with van der Waals surface area (Å²) in [5, 5.41) is 1.01. The fraction of sp³-hybridized carbons (Fsp3) is 0.133. The largest absolute Gasteiger partial charge is 0.464 e. The number of aryl methyl sites for hydroxylation is 1. The number of fused-ring (bicyclic) bond motifs is 1. The van der Waals surface area contributed by atoms with Gasteiger partial charge in [0.1, 0.15) is 11.4 Å². The molecule has 3 aromatic rings. The van der Waals surface area contributed by atoms with Gasteiger partial charge in [-0.05, 0) is 24.6 Å². The van der Waals surface area contributed by atoms with E-state index in [2.05, 4.69) is 10.4 Å². The van der Waals surface area contributed by atoms with Crippen molar-refractivity contribution in [2.24, 2.45) is 5.84 Å². The van der Waals surface area contributed by atoms with Crippen LogP contribution in [-0.2, 0) is 0 Å². The molecule has 0 radical (unpaired) electrons. The summed E-state index contributed by atoms with van der Waals surface area (Å²) in [4.78, 5) is 4.19. The van der Waals surface area contributed by atoms with E-state index in [1.165, 1.54) is 0 Å². The van der Waals surface area contributed by atoms with E-state index in [0.29, 0.717) is 5.82 Å². The molecule has 0 aliphatic rings. The Hall–Kier alpha value is -2.37. The van der Waals surface area contributed by atoms with Crippen molar-refractivity contribution in [2.45, 2.75) is 13.0 Å². The molecule has 3 rings (SSSR count). The molecule has 1 aromatic carbocycles.